The van der Waals surface area contributed by atoms with Gasteiger partial charge >= 0.3 is 6.03 Å². The van der Waals surface area contributed by atoms with Crippen LogP contribution in [-0.2, 0) is 0 Å². The van der Waals surface area contributed by atoms with Gasteiger partial charge in [-0.05, 0) is 54.3 Å². The molecule has 0 radical (unpaired) electrons. The number of halogens is 2. The molecule has 3 aromatic rings. The predicted molar refractivity (Wildman–Crippen MR) is 116 cm³/mol. The minimum Gasteiger partial charge on any atom is -0.341 e. The van der Waals surface area contributed by atoms with E-state index >= 15 is 0 Å². The number of amides is 2. The average molecular weight is 423 g/mol. The van der Waals surface area contributed by atoms with Gasteiger partial charge in [0.05, 0.1) is 0 Å². The third-order valence-corrected chi connectivity index (χ3v) is 5.50. The maximum absolute atomic E-state index is 13.4. The van der Waals surface area contributed by atoms with Gasteiger partial charge in [-0.25, -0.2) is 23.5 Å². The SMILES string of the molecule is CN(C(=O)Nc1ccc(-c2cc(F)cc(F)c2)cc1)C1CCN(c2ncccn2)CC1. The normalized spacial score (nSPS) is 14.4. The first-order valence-electron chi connectivity index (χ1n) is 10.1. The molecule has 0 bridgehead atoms. The Kier molecular flexibility index (Phi) is 6.06. The van der Waals surface area contributed by atoms with E-state index in [1.165, 1.54) is 12.1 Å². The summed E-state index contributed by atoms with van der Waals surface area (Å²) in [4.78, 5) is 25.1. The van der Waals surface area contributed by atoms with Gasteiger partial charge in [-0.3, -0.25) is 0 Å². The van der Waals surface area contributed by atoms with Crippen molar-refractivity contribution in [3.05, 3.63) is 72.6 Å². The second-order valence-electron chi connectivity index (χ2n) is 7.54. The first-order valence-corrected chi connectivity index (χ1v) is 10.1. The molecule has 1 aliphatic heterocycles. The lowest BCUT2D eigenvalue weighted by Gasteiger charge is -2.36. The van der Waals surface area contributed by atoms with Crippen molar-refractivity contribution in [1.29, 1.82) is 0 Å². The monoisotopic (exact) mass is 423 g/mol. The van der Waals surface area contributed by atoms with Crippen LogP contribution in [0.25, 0.3) is 11.1 Å². The molecule has 4 rings (SSSR count). The Morgan fingerprint density at radius 3 is 2.23 bits per heavy atom. The van der Waals surface area contributed by atoms with E-state index in [0.717, 1.165) is 32.0 Å². The molecule has 2 amide bonds. The molecule has 2 heterocycles. The first kappa shape index (κ1) is 20.7. The van der Waals surface area contributed by atoms with Crippen LogP contribution in [0.2, 0.25) is 0 Å². The summed E-state index contributed by atoms with van der Waals surface area (Å²) < 4.78 is 26.9. The lowest BCUT2D eigenvalue weighted by atomic mass is 10.0. The summed E-state index contributed by atoms with van der Waals surface area (Å²) in [6.07, 6.45) is 5.10. The van der Waals surface area contributed by atoms with Gasteiger partial charge < -0.3 is 15.1 Å². The summed E-state index contributed by atoms with van der Waals surface area (Å²) in [5, 5.41) is 2.88. The number of nitrogens with one attached hydrogen (secondary N) is 1. The molecule has 1 N–H and O–H groups in total. The van der Waals surface area contributed by atoms with E-state index in [1.807, 2.05) is 0 Å². The number of hydrogen-bond acceptors (Lipinski definition) is 4. The van der Waals surface area contributed by atoms with Gasteiger partial charge in [0.15, 0.2) is 0 Å². The van der Waals surface area contributed by atoms with Crippen molar-refractivity contribution in [2.75, 3.05) is 30.4 Å². The fourth-order valence-electron chi connectivity index (χ4n) is 3.75. The Morgan fingerprint density at radius 1 is 1.00 bits per heavy atom. The predicted octanol–water partition coefficient (Wildman–Crippen LogP) is 4.55. The maximum Gasteiger partial charge on any atom is 0.321 e. The summed E-state index contributed by atoms with van der Waals surface area (Å²) in [6, 6.07) is 12.0. The molecular formula is C23H23F2N5O. The summed E-state index contributed by atoms with van der Waals surface area (Å²) in [7, 11) is 1.79. The first-order chi connectivity index (χ1) is 15.0. The van der Waals surface area contributed by atoms with E-state index in [1.54, 1.807) is 54.7 Å². The lowest BCUT2D eigenvalue weighted by Crippen LogP contribution is -2.47. The van der Waals surface area contributed by atoms with Gasteiger partial charge in [-0.2, -0.15) is 0 Å². The zero-order valence-corrected chi connectivity index (χ0v) is 17.1. The van der Waals surface area contributed by atoms with E-state index in [0.29, 0.717) is 22.8 Å². The van der Waals surface area contributed by atoms with Gasteiger partial charge in [-0.1, -0.05) is 12.1 Å². The Labute approximate surface area is 179 Å². The Hall–Kier alpha value is -3.55. The molecule has 1 fully saturated rings. The van der Waals surface area contributed by atoms with Crippen molar-refractivity contribution in [3.8, 4) is 11.1 Å². The lowest BCUT2D eigenvalue weighted by molar-refractivity contribution is 0.193. The third kappa shape index (κ3) is 4.96. The quantitative estimate of drug-likeness (QED) is 0.669. The van der Waals surface area contributed by atoms with Gasteiger partial charge in [0.1, 0.15) is 11.6 Å². The highest BCUT2D eigenvalue weighted by Gasteiger charge is 2.26. The number of rotatable bonds is 4. The molecule has 0 saturated carbocycles. The maximum atomic E-state index is 13.4. The molecule has 1 aromatic heterocycles. The molecule has 160 valence electrons. The van der Waals surface area contributed by atoms with Crippen molar-refractivity contribution in [3.63, 3.8) is 0 Å². The van der Waals surface area contributed by atoms with E-state index < -0.39 is 11.6 Å². The zero-order chi connectivity index (χ0) is 21.8. The highest BCUT2D eigenvalue weighted by Crippen LogP contribution is 2.24. The van der Waals surface area contributed by atoms with E-state index in [-0.39, 0.29) is 12.1 Å². The number of anilines is 2. The molecule has 0 spiro atoms. The largest absolute Gasteiger partial charge is 0.341 e. The van der Waals surface area contributed by atoms with Crippen molar-refractivity contribution in [2.24, 2.45) is 0 Å². The molecule has 8 heteroatoms. The third-order valence-electron chi connectivity index (χ3n) is 5.50. The fraction of sp³-hybridized carbons (Fsp3) is 0.261. The van der Waals surface area contributed by atoms with Crippen LogP contribution in [0.5, 0.6) is 0 Å². The number of aromatic nitrogens is 2. The van der Waals surface area contributed by atoms with E-state index in [4.69, 9.17) is 0 Å². The Morgan fingerprint density at radius 2 is 1.61 bits per heavy atom. The van der Waals surface area contributed by atoms with Crippen LogP contribution < -0.4 is 10.2 Å². The van der Waals surface area contributed by atoms with Gasteiger partial charge in [0.2, 0.25) is 5.95 Å². The van der Waals surface area contributed by atoms with Gasteiger partial charge in [-0.15, -0.1) is 0 Å². The van der Waals surface area contributed by atoms with Crippen LogP contribution in [0, 0.1) is 11.6 Å². The van der Waals surface area contributed by atoms with Crippen LogP contribution in [0.4, 0.5) is 25.2 Å². The van der Waals surface area contributed by atoms with E-state index in [9.17, 15) is 13.6 Å². The molecule has 0 atom stereocenters. The number of nitrogens with zero attached hydrogens (tertiary/aromatic N) is 4. The standard InChI is InChI=1S/C23H23F2N5O/c1-29(21-7-11-30(12-8-21)22-26-9-2-10-27-22)23(31)28-20-5-3-16(4-6-20)17-13-18(24)15-19(25)14-17/h2-6,9-10,13-15,21H,7-8,11-12H2,1H3,(H,28,31). The highest BCUT2D eigenvalue weighted by atomic mass is 19.1. The highest BCUT2D eigenvalue weighted by molar-refractivity contribution is 5.89. The second-order valence-corrected chi connectivity index (χ2v) is 7.54. The second kappa shape index (κ2) is 9.07. The molecule has 1 aliphatic rings. The minimum atomic E-state index is -0.626. The van der Waals surface area contributed by atoms with Crippen LogP contribution in [0.3, 0.4) is 0 Å². The Bertz CT molecular complexity index is 1020. The van der Waals surface area contributed by atoms with Crippen LogP contribution in [0.1, 0.15) is 12.8 Å². The number of carbonyl (C=O) groups is 1. The summed E-state index contributed by atoms with van der Waals surface area (Å²) in [5.41, 5.74) is 1.73. The van der Waals surface area contributed by atoms with Crippen LogP contribution in [0.15, 0.2) is 60.9 Å². The number of urea groups is 1. The number of piperidine rings is 1. The smallest absolute Gasteiger partial charge is 0.321 e. The molecular weight excluding hydrogens is 400 g/mol. The van der Waals surface area contributed by atoms with Crippen molar-refractivity contribution in [1.82, 2.24) is 14.9 Å². The van der Waals surface area contributed by atoms with Crippen molar-refractivity contribution in [2.45, 2.75) is 18.9 Å². The average Bonchev–Trinajstić information content (AvgIpc) is 2.79. The molecule has 0 unspecified atom stereocenters. The topological polar surface area (TPSA) is 61.4 Å². The number of benzene rings is 2. The minimum absolute atomic E-state index is 0.120. The van der Waals surface area contributed by atoms with Gasteiger partial charge in [0, 0.05) is 50.3 Å². The summed E-state index contributed by atoms with van der Waals surface area (Å²) >= 11 is 0. The number of carbonyl (C=O) groups excluding carboxylic acids is 1. The summed E-state index contributed by atoms with van der Waals surface area (Å²) in [6.45, 7) is 1.57. The molecule has 2 aromatic carbocycles. The fourth-order valence-corrected chi connectivity index (χ4v) is 3.75. The van der Waals surface area contributed by atoms with Crippen molar-refractivity contribution >= 4 is 17.7 Å². The Balaban J connectivity index is 1.34. The zero-order valence-electron chi connectivity index (χ0n) is 17.1. The molecule has 0 aliphatic carbocycles. The molecule has 31 heavy (non-hydrogen) atoms. The molecule has 6 nitrogen and oxygen atoms in total. The summed E-state index contributed by atoms with van der Waals surface area (Å²) in [5.74, 6) is -0.538. The van der Waals surface area contributed by atoms with Crippen molar-refractivity contribution < 1.29 is 13.6 Å². The van der Waals surface area contributed by atoms with Crippen LogP contribution >= 0.6 is 0 Å². The van der Waals surface area contributed by atoms with Crippen LogP contribution in [-0.4, -0.2) is 47.1 Å². The van der Waals surface area contributed by atoms with E-state index in [2.05, 4.69) is 20.2 Å². The molecule has 1 saturated heterocycles. The van der Waals surface area contributed by atoms with Gasteiger partial charge in [0.25, 0.3) is 0 Å². The number of hydrogen-bond donors (Lipinski definition) is 1.